The highest BCUT2D eigenvalue weighted by Gasteiger charge is 2.23. The lowest BCUT2D eigenvalue weighted by molar-refractivity contribution is 0.548. The summed E-state index contributed by atoms with van der Waals surface area (Å²) in [7, 11) is -3.71. The van der Waals surface area contributed by atoms with Gasteiger partial charge in [-0.1, -0.05) is 25.1 Å². The minimum absolute atomic E-state index is 0.130. The summed E-state index contributed by atoms with van der Waals surface area (Å²) in [6, 6.07) is 9.76. The molecule has 0 bridgehead atoms. The fourth-order valence-corrected chi connectivity index (χ4v) is 5.06. The Morgan fingerprint density at radius 1 is 1.08 bits per heavy atom. The highest BCUT2D eigenvalue weighted by molar-refractivity contribution is 7.89. The maximum absolute atomic E-state index is 13.3. The van der Waals surface area contributed by atoms with Crippen LogP contribution in [0.15, 0.2) is 41.3 Å². The molecule has 0 radical (unpaired) electrons. The van der Waals surface area contributed by atoms with Crippen LogP contribution in [-0.4, -0.2) is 8.42 Å². The summed E-state index contributed by atoms with van der Waals surface area (Å²) in [5, 5.41) is 0. The number of nitrogens with one attached hydrogen (secondary N) is 1. The van der Waals surface area contributed by atoms with Gasteiger partial charge in [-0.25, -0.2) is 17.5 Å². The molecule has 0 amide bonds. The zero-order valence-corrected chi connectivity index (χ0v) is 15.5. The van der Waals surface area contributed by atoms with Crippen molar-refractivity contribution in [3.8, 4) is 0 Å². The summed E-state index contributed by atoms with van der Waals surface area (Å²) in [6.07, 6.45) is 5.22. The molecule has 0 saturated heterocycles. The van der Waals surface area contributed by atoms with Crippen molar-refractivity contribution < 1.29 is 12.8 Å². The Bertz CT molecular complexity index is 877. The quantitative estimate of drug-likeness (QED) is 0.856. The van der Waals surface area contributed by atoms with E-state index in [4.69, 9.17) is 0 Å². The van der Waals surface area contributed by atoms with Crippen LogP contribution in [0.3, 0.4) is 0 Å². The van der Waals surface area contributed by atoms with Crippen LogP contribution in [0.5, 0.6) is 0 Å². The predicted octanol–water partition coefficient (Wildman–Crippen LogP) is 4.44. The Kier molecular flexibility index (Phi) is 5.25. The smallest absolute Gasteiger partial charge is 0.207 e. The van der Waals surface area contributed by atoms with Gasteiger partial charge in [-0.3, -0.25) is 0 Å². The third-order valence-electron chi connectivity index (χ3n) is 4.91. The molecule has 1 aliphatic rings. The molecule has 25 heavy (non-hydrogen) atoms. The molecule has 1 N–H and O–H groups in total. The molecule has 3 rings (SSSR count). The fraction of sp³-hybridized carbons (Fsp3) is 0.400. The van der Waals surface area contributed by atoms with Crippen LogP contribution in [0.4, 0.5) is 4.39 Å². The van der Waals surface area contributed by atoms with E-state index in [-0.39, 0.29) is 10.9 Å². The van der Waals surface area contributed by atoms with Crippen LogP contribution in [0.2, 0.25) is 0 Å². The molecule has 3 nitrogen and oxygen atoms in total. The summed E-state index contributed by atoms with van der Waals surface area (Å²) < 4.78 is 41.6. The van der Waals surface area contributed by atoms with Crippen LogP contribution in [0, 0.1) is 12.7 Å². The summed E-state index contributed by atoms with van der Waals surface area (Å²) in [5.74, 6) is -0.432. The lowest BCUT2D eigenvalue weighted by Gasteiger charge is -2.22. The summed E-state index contributed by atoms with van der Waals surface area (Å²) in [6.45, 7) is 3.57. The van der Waals surface area contributed by atoms with E-state index in [1.807, 2.05) is 13.0 Å². The molecule has 0 aromatic heterocycles. The van der Waals surface area contributed by atoms with Gasteiger partial charge in [0, 0.05) is 6.04 Å². The van der Waals surface area contributed by atoms with Gasteiger partial charge in [-0.2, -0.15) is 0 Å². The van der Waals surface area contributed by atoms with Gasteiger partial charge < -0.3 is 0 Å². The molecule has 0 aliphatic heterocycles. The number of aryl methyl sites for hydroxylation is 3. The van der Waals surface area contributed by atoms with Gasteiger partial charge in [0.05, 0.1) is 4.90 Å². The first kappa shape index (κ1) is 18.1. The van der Waals surface area contributed by atoms with Gasteiger partial charge in [-0.05, 0) is 79.5 Å². The standard InChI is InChI=1S/C20H24FNO2S/c1-3-19(17-9-8-15-6-4-5-7-16(15)13-17)22-25(23,24)20-11-10-18(21)12-14(20)2/h8-13,19,22H,3-7H2,1-2H3. The van der Waals surface area contributed by atoms with Crippen LogP contribution in [0.1, 0.15) is 54.5 Å². The molecule has 1 unspecified atom stereocenters. The van der Waals surface area contributed by atoms with Crippen molar-refractivity contribution in [3.63, 3.8) is 0 Å². The summed E-state index contributed by atoms with van der Waals surface area (Å²) in [4.78, 5) is 0.130. The molecule has 5 heteroatoms. The average Bonchev–Trinajstić information content (AvgIpc) is 2.59. The minimum atomic E-state index is -3.71. The lowest BCUT2D eigenvalue weighted by atomic mass is 9.89. The van der Waals surface area contributed by atoms with Crippen molar-refractivity contribution in [1.82, 2.24) is 4.72 Å². The summed E-state index contributed by atoms with van der Waals surface area (Å²) >= 11 is 0. The lowest BCUT2D eigenvalue weighted by Crippen LogP contribution is -2.29. The van der Waals surface area contributed by atoms with Crippen molar-refractivity contribution in [3.05, 3.63) is 64.5 Å². The fourth-order valence-electron chi connectivity index (χ4n) is 3.52. The second-order valence-corrected chi connectivity index (χ2v) is 8.41. The van der Waals surface area contributed by atoms with Crippen LogP contribution < -0.4 is 4.72 Å². The Morgan fingerprint density at radius 2 is 1.80 bits per heavy atom. The van der Waals surface area contributed by atoms with Crippen molar-refractivity contribution in [2.75, 3.05) is 0 Å². The molecule has 0 heterocycles. The van der Waals surface area contributed by atoms with E-state index in [2.05, 4.69) is 16.9 Å². The first-order valence-electron chi connectivity index (χ1n) is 8.81. The number of benzene rings is 2. The monoisotopic (exact) mass is 361 g/mol. The predicted molar refractivity (Wildman–Crippen MR) is 97.6 cm³/mol. The molecule has 0 spiro atoms. The van der Waals surface area contributed by atoms with E-state index in [0.29, 0.717) is 12.0 Å². The number of hydrogen-bond acceptors (Lipinski definition) is 2. The molecule has 2 aromatic carbocycles. The Morgan fingerprint density at radius 3 is 2.48 bits per heavy atom. The van der Waals surface area contributed by atoms with Gasteiger partial charge in [0.1, 0.15) is 5.82 Å². The van der Waals surface area contributed by atoms with Crippen LogP contribution in [-0.2, 0) is 22.9 Å². The maximum Gasteiger partial charge on any atom is 0.241 e. The normalized spacial score (nSPS) is 15.6. The van der Waals surface area contributed by atoms with Gasteiger partial charge in [0.15, 0.2) is 0 Å². The van der Waals surface area contributed by atoms with Crippen molar-refractivity contribution in [1.29, 1.82) is 0 Å². The zero-order valence-electron chi connectivity index (χ0n) is 14.7. The van der Waals surface area contributed by atoms with Gasteiger partial charge in [0.2, 0.25) is 10.0 Å². The molecule has 134 valence electrons. The largest absolute Gasteiger partial charge is 0.241 e. The average molecular weight is 361 g/mol. The van der Waals surface area contributed by atoms with E-state index in [9.17, 15) is 12.8 Å². The van der Waals surface area contributed by atoms with Gasteiger partial charge in [0.25, 0.3) is 0 Å². The highest BCUT2D eigenvalue weighted by Crippen LogP contribution is 2.27. The Labute approximate surface area is 149 Å². The topological polar surface area (TPSA) is 46.2 Å². The Hall–Kier alpha value is -1.72. The number of hydrogen-bond donors (Lipinski definition) is 1. The highest BCUT2D eigenvalue weighted by atomic mass is 32.2. The molecule has 1 aliphatic carbocycles. The third kappa shape index (κ3) is 3.93. The molecule has 0 fully saturated rings. The Balaban J connectivity index is 1.88. The second kappa shape index (κ2) is 7.26. The van der Waals surface area contributed by atoms with Crippen LogP contribution in [0.25, 0.3) is 0 Å². The van der Waals surface area contributed by atoms with Gasteiger partial charge >= 0.3 is 0 Å². The first-order valence-corrected chi connectivity index (χ1v) is 10.3. The molecular weight excluding hydrogens is 337 g/mol. The number of rotatable bonds is 5. The molecular formula is C20H24FNO2S. The number of fused-ring (bicyclic) bond motifs is 1. The van der Waals surface area contributed by atoms with Crippen molar-refractivity contribution >= 4 is 10.0 Å². The van der Waals surface area contributed by atoms with E-state index in [0.717, 1.165) is 18.4 Å². The zero-order chi connectivity index (χ0) is 18.0. The maximum atomic E-state index is 13.3. The SMILES string of the molecule is CCC(NS(=O)(=O)c1ccc(F)cc1C)c1ccc2c(c1)CCCC2. The van der Waals surface area contributed by atoms with E-state index < -0.39 is 15.8 Å². The van der Waals surface area contributed by atoms with Crippen molar-refractivity contribution in [2.45, 2.75) is 56.9 Å². The second-order valence-electron chi connectivity index (χ2n) is 6.73. The minimum Gasteiger partial charge on any atom is -0.207 e. The molecule has 2 aromatic rings. The van der Waals surface area contributed by atoms with E-state index in [1.165, 1.54) is 42.2 Å². The first-order chi connectivity index (χ1) is 11.9. The number of halogens is 1. The molecule has 0 saturated carbocycles. The molecule has 1 atom stereocenters. The summed E-state index contributed by atoms with van der Waals surface area (Å²) in [5.41, 5.74) is 4.11. The van der Waals surface area contributed by atoms with Crippen molar-refractivity contribution in [2.24, 2.45) is 0 Å². The third-order valence-corrected chi connectivity index (χ3v) is 6.54. The number of sulfonamides is 1. The van der Waals surface area contributed by atoms with E-state index >= 15 is 0 Å². The van der Waals surface area contributed by atoms with Gasteiger partial charge in [-0.15, -0.1) is 0 Å². The van der Waals surface area contributed by atoms with E-state index in [1.54, 1.807) is 6.92 Å². The van der Waals surface area contributed by atoms with Crippen LogP contribution >= 0.6 is 0 Å².